The summed E-state index contributed by atoms with van der Waals surface area (Å²) in [5.41, 5.74) is 0.610. The van der Waals surface area contributed by atoms with E-state index >= 15 is 0 Å². The van der Waals surface area contributed by atoms with Crippen molar-refractivity contribution >= 4 is 23.4 Å². The summed E-state index contributed by atoms with van der Waals surface area (Å²) >= 11 is 1.31. The first-order chi connectivity index (χ1) is 14.3. The Bertz CT molecular complexity index is 1060. The fourth-order valence-electron chi connectivity index (χ4n) is 2.63. The van der Waals surface area contributed by atoms with E-state index in [1.54, 1.807) is 18.7 Å². The molecule has 8 heteroatoms. The maximum absolute atomic E-state index is 12.5. The van der Waals surface area contributed by atoms with E-state index in [4.69, 9.17) is 9.15 Å². The molecule has 1 N–H and O–H groups in total. The number of carbonyl (C=O) groups excluding carboxylic acids is 1. The molecule has 0 bridgehead atoms. The fourth-order valence-corrected chi connectivity index (χ4v) is 3.34. The summed E-state index contributed by atoms with van der Waals surface area (Å²) in [6, 6.07) is 20.5. The summed E-state index contributed by atoms with van der Waals surface area (Å²) in [6.45, 7) is 0.512. The van der Waals surface area contributed by atoms with E-state index in [9.17, 15) is 4.79 Å². The molecular weight excluding hydrogens is 388 g/mol. The summed E-state index contributed by atoms with van der Waals surface area (Å²) in [7, 11) is 0. The van der Waals surface area contributed by atoms with Crippen molar-refractivity contribution in [1.82, 2.24) is 14.8 Å². The summed E-state index contributed by atoms with van der Waals surface area (Å²) < 4.78 is 13.1. The Labute approximate surface area is 171 Å². The average Bonchev–Trinajstić information content (AvgIpc) is 3.41. The maximum Gasteiger partial charge on any atom is 0.234 e. The lowest BCUT2D eigenvalue weighted by molar-refractivity contribution is -0.113. The molecule has 0 saturated heterocycles. The van der Waals surface area contributed by atoms with Gasteiger partial charge in [-0.05, 0) is 36.4 Å². The largest absolute Gasteiger partial charge is 0.467 e. The minimum absolute atomic E-state index is 0.160. The molecule has 2 heterocycles. The standard InChI is InChI=1S/C21H18N4O3S/c26-20(14-29-21-24-22-15-25(21)13-17-9-6-12-27-17)23-18-10-4-5-11-19(18)28-16-7-2-1-3-8-16/h1-12,15H,13-14H2,(H,23,26). The number of hydrogen-bond acceptors (Lipinski definition) is 6. The molecule has 0 aliphatic carbocycles. The van der Waals surface area contributed by atoms with Crippen molar-refractivity contribution in [2.45, 2.75) is 11.7 Å². The van der Waals surface area contributed by atoms with Crippen LogP contribution in [0.1, 0.15) is 5.76 Å². The van der Waals surface area contributed by atoms with Gasteiger partial charge in [-0.3, -0.25) is 4.79 Å². The van der Waals surface area contributed by atoms with Crippen LogP contribution in [0.3, 0.4) is 0 Å². The van der Waals surface area contributed by atoms with Crippen molar-refractivity contribution in [3.63, 3.8) is 0 Å². The van der Waals surface area contributed by atoms with Crippen molar-refractivity contribution in [3.05, 3.63) is 85.1 Å². The zero-order valence-corrected chi connectivity index (χ0v) is 16.2. The van der Waals surface area contributed by atoms with Gasteiger partial charge in [-0.25, -0.2) is 0 Å². The summed E-state index contributed by atoms with van der Waals surface area (Å²) in [4.78, 5) is 12.5. The predicted molar refractivity (Wildman–Crippen MR) is 110 cm³/mol. The number of nitrogens with zero attached hydrogens (tertiary/aromatic N) is 3. The second kappa shape index (κ2) is 9.11. The van der Waals surface area contributed by atoms with Gasteiger partial charge in [0.2, 0.25) is 5.91 Å². The van der Waals surface area contributed by atoms with Crippen LogP contribution in [0.2, 0.25) is 0 Å². The van der Waals surface area contributed by atoms with Gasteiger partial charge in [0.15, 0.2) is 10.9 Å². The lowest BCUT2D eigenvalue weighted by atomic mass is 10.3. The minimum Gasteiger partial charge on any atom is -0.467 e. The number of carbonyl (C=O) groups is 1. The number of benzene rings is 2. The van der Waals surface area contributed by atoms with Crippen molar-refractivity contribution in [1.29, 1.82) is 0 Å². The highest BCUT2D eigenvalue weighted by molar-refractivity contribution is 7.99. The van der Waals surface area contributed by atoms with Crippen molar-refractivity contribution in [3.8, 4) is 11.5 Å². The second-order valence-corrected chi connectivity index (χ2v) is 7.01. The molecule has 4 aromatic rings. The van der Waals surface area contributed by atoms with Crippen LogP contribution in [0.4, 0.5) is 5.69 Å². The number of hydrogen-bond donors (Lipinski definition) is 1. The van der Waals surface area contributed by atoms with Crippen LogP contribution in [0.25, 0.3) is 0 Å². The van der Waals surface area contributed by atoms with Gasteiger partial charge >= 0.3 is 0 Å². The number of anilines is 1. The molecule has 0 aliphatic heterocycles. The molecule has 0 atom stereocenters. The molecule has 7 nitrogen and oxygen atoms in total. The van der Waals surface area contributed by atoms with E-state index in [-0.39, 0.29) is 11.7 Å². The topological polar surface area (TPSA) is 82.2 Å². The van der Waals surface area contributed by atoms with Crippen molar-refractivity contribution < 1.29 is 13.9 Å². The number of amides is 1. The smallest absolute Gasteiger partial charge is 0.234 e. The maximum atomic E-state index is 12.5. The van der Waals surface area contributed by atoms with Gasteiger partial charge in [0, 0.05) is 0 Å². The van der Waals surface area contributed by atoms with Crippen molar-refractivity contribution in [2.24, 2.45) is 0 Å². The van der Waals surface area contributed by atoms with Gasteiger partial charge < -0.3 is 19.0 Å². The van der Waals surface area contributed by atoms with Gasteiger partial charge in [0.25, 0.3) is 0 Å². The Kier molecular flexibility index (Phi) is 5.92. The lowest BCUT2D eigenvalue weighted by Gasteiger charge is -2.12. The SMILES string of the molecule is O=C(CSc1nncn1Cc1ccco1)Nc1ccccc1Oc1ccccc1. The van der Waals surface area contributed by atoms with Crippen LogP contribution in [0.5, 0.6) is 11.5 Å². The normalized spacial score (nSPS) is 10.6. The highest BCUT2D eigenvalue weighted by Gasteiger charge is 2.12. The number of furan rings is 1. The number of para-hydroxylation sites is 3. The second-order valence-electron chi connectivity index (χ2n) is 6.07. The van der Waals surface area contributed by atoms with Crippen LogP contribution in [0, 0.1) is 0 Å². The van der Waals surface area contributed by atoms with E-state index in [0.717, 1.165) is 5.76 Å². The van der Waals surface area contributed by atoms with Gasteiger partial charge in [-0.15, -0.1) is 10.2 Å². The predicted octanol–water partition coefficient (Wildman–Crippen LogP) is 4.44. The summed E-state index contributed by atoms with van der Waals surface area (Å²) in [6.07, 6.45) is 3.24. The Morgan fingerprint density at radius 1 is 1.07 bits per heavy atom. The Hall–Kier alpha value is -3.52. The minimum atomic E-state index is -0.160. The van der Waals surface area contributed by atoms with E-state index in [2.05, 4.69) is 15.5 Å². The molecule has 4 rings (SSSR count). The van der Waals surface area contributed by atoms with Crippen LogP contribution < -0.4 is 10.1 Å². The zero-order chi connectivity index (χ0) is 19.9. The van der Waals surface area contributed by atoms with E-state index in [1.807, 2.05) is 65.2 Å². The molecule has 0 radical (unpaired) electrons. The lowest BCUT2D eigenvalue weighted by Crippen LogP contribution is -2.15. The zero-order valence-electron chi connectivity index (χ0n) is 15.4. The van der Waals surface area contributed by atoms with Gasteiger partial charge in [0.05, 0.1) is 24.2 Å². The molecule has 2 aromatic heterocycles. The molecule has 0 fully saturated rings. The number of aromatic nitrogens is 3. The fraction of sp³-hybridized carbons (Fsp3) is 0.0952. The van der Waals surface area contributed by atoms with E-state index < -0.39 is 0 Å². The third-order valence-corrected chi connectivity index (χ3v) is 4.93. The Morgan fingerprint density at radius 2 is 1.90 bits per heavy atom. The summed E-state index contributed by atoms with van der Waals surface area (Å²) in [5.74, 6) is 2.11. The third kappa shape index (κ3) is 5.05. The summed E-state index contributed by atoms with van der Waals surface area (Å²) in [5, 5.41) is 11.5. The molecule has 29 heavy (non-hydrogen) atoms. The molecule has 2 aromatic carbocycles. The molecule has 0 saturated carbocycles. The quantitative estimate of drug-likeness (QED) is 0.436. The van der Waals surface area contributed by atoms with Gasteiger partial charge in [-0.2, -0.15) is 0 Å². The first kappa shape index (κ1) is 18.8. The Morgan fingerprint density at radius 3 is 2.72 bits per heavy atom. The molecule has 146 valence electrons. The Balaban J connectivity index is 1.37. The van der Waals surface area contributed by atoms with Crippen molar-refractivity contribution in [2.75, 3.05) is 11.1 Å². The molecule has 0 spiro atoms. The highest BCUT2D eigenvalue weighted by atomic mass is 32.2. The van der Waals surface area contributed by atoms with Crippen LogP contribution in [-0.4, -0.2) is 26.4 Å². The monoisotopic (exact) mass is 406 g/mol. The number of nitrogens with one attached hydrogen (secondary N) is 1. The molecular formula is C21H18N4O3S. The third-order valence-electron chi connectivity index (χ3n) is 3.95. The van der Waals surface area contributed by atoms with Crippen LogP contribution in [0.15, 0.2) is 88.9 Å². The number of ether oxygens (including phenoxy) is 1. The average molecular weight is 406 g/mol. The number of thioether (sulfide) groups is 1. The molecule has 1 amide bonds. The van der Waals surface area contributed by atoms with Gasteiger partial charge in [-0.1, -0.05) is 42.1 Å². The molecule has 0 aliphatic rings. The van der Waals surface area contributed by atoms with Gasteiger partial charge in [0.1, 0.15) is 17.8 Å². The number of rotatable bonds is 8. The van der Waals surface area contributed by atoms with Crippen LogP contribution >= 0.6 is 11.8 Å². The van der Waals surface area contributed by atoms with E-state index in [1.165, 1.54) is 11.8 Å². The van der Waals surface area contributed by atoms with Crippen LogP contribution in [-0.2, 0) is 11.3 Å². The first-order valence-electron chi connectivity index (χ1n) is 8.93. The first-order valence-corrected chi connectivity index (χ1v) is 9.91. The van der Waals surface area contributed by atoms with E-state index in [0.29, 0.717) is 28.9 Å². The molecule has 0 unspecified atom stereocenters. The highest BCUT2D eigenvalue weighted by Crippen LogP contribution is 2.29.